The maximum Gasteiger partial charge on any atom is 0.573 e. The van der Waals surface area contributed by atoms with Crippen LogP contribution in [-0.4, -0.2) is 46.9 Å². The van der Waals surface area contributed by atoms with Crippen LogP contribution >= 0.6 is 11.6 Å². The van der Waals surface area contributed by atoms with Crippen molar-refractivity contribution >= 4 is 34.9 Å². The molecule has 1 fully saturated rings. The average molecular weight is 503 g/mol. The highest BCUT2D eigenvalue weighted by Crippen LogP contribution is 2.27. The zero-order valence-electron chi connectivity index (χ0n) is 18.0. The van der Waals surface area contributed by atoms with E-state index in [0.29, 0.717) is 22.0 Å². The van der Waals surface area contributed by atoms with Crippen LogP contribution in [0.3, 0.4) is 0 Å². The van der Waals surface area contributed by atoms with Gasteiger partial charge in [-0.3, -0.25) is 15.0 Å². The Bertz CT molecular complexity index is 1270. The monoisotopic (exact) mass is 502 g/mol. The van der Waals surface area contributed by atoms with E-state index in [1.54, 1.807) is 24.3 Å². The standard InChI is InChI=1S/C24H18ClF3N4O3/c25-17-6-8-21(30-13-17)31-23(34)19-12-18(35-24(26,27)28)7-5-16(19)11-20(33)14-1-3-15(4-2-14)22(29)32-9-10-32/h1-8,12-13,29H,9-11H2,(H,30,31,34). The molecule has 1 amide bonds. The van der Waals surface area contributed by atoms with E-state index in [1.165, 1.54) is 24.4 Å². The molecule has 0 aliphatic carbocycles. The average Bonchev–Trinajstić information content (AvgIpc) is 3.65. The van der Waals surface area contributed by atoms with Gasteiger partial charge in [0.1, 0.15) is 17.4 Å². The Labute approximate surface area is 203 Å². The van der Waals surface area contributed by atoms with Gasteiger partial charge in [-0.1, -0.05) is 41.9 Å². The molecule has 1 aliphatic rings. The van der Waals surface area contributed by atoms with E-state index in [1.807, 2.05) is 4.90 Å². The summed E-state index contributed by atoms with van der Waals surface area (Å²) in [7, 11) is 0. The van der Waals surface area contributed by atoms with Gasteiger partial charge in [-0.15, -0.1) is 13.2 Å². The Morgan fingerprint density at radius 1 is 1.06 bits per heavy atom. The minimum Gasteiger partial charge on any atom is -0.406 e. The molecule has 1 saturated heterocycles. The third kappa shape index (κ3) is 6.36. The number of amidine groups is 1. The summed E-state index contributed by atoms with van der Waals surface area (Å²) in [6.07, 6.45) is -3.89. The van der Waals surface area contributed by atoms with Crippen LogP contribution in [-0.2, 0) is 6.42 Å². The molecule has 4 rings (SSSR count). The number of amides is 1. The normalized spacial score (nSPS) is 12.7. The molecule has 0 unspecified atom stereocenters. The lowest BCUT2D eigenvalue weighted by molar-refractivity contribution is -0.274. The Morgan fingerprint density at radius 2 is 1.74 bits per heavy atom. The molecule has 0 atom stereocenters. The molecule has 1 aromatic heterocycles. The largest absolute Gasteiger partial charge is 0.573 e. The van der Waals surface area contributed by atoms with Crippen LogP contribution < -0.4 is 10.1 Å². The first-order chi connectivity index (χ1) is 16.6. The van der Waals surface area contributed by atoms with Crippen molar-refractivity contribution in [2.24, 2.45) is 0 Å². The van der Waals surface area contributed by atoms with Crippen LogP contribution in [0.2, 0.25) is 5.02 Å². The van der Waals surface area contributed by atoms with Gasteiger partial charge in [-0.05, 0) is 29.8 Å². The van der Waals surface area contributed by atoms with Gasteiger partial charge in [0.25, 0.3) is 5.91 Å². The number of carbonyl (C=O) groups excluding carboxylic acids is 2. The maximum absolute atomic E-state index is 12.9. The predicted octanol–water partition coefficient (Wildman–Crippen LogP) is 4.95. The second-order valence-electron chi connectivity index (χ2n) is 7.70. The molecule has 7 nitrogen and oxygen atoms in total. The number of ketones is 1. The number of benzene rings is 2. The minimum absolute atomic E-state index is 0.128. The lowest BCUT2D eigenvalue weighted by Crippen LogP contribution is -2.20. The highest BCUT2D eigenvalue weighted by Gasteiger charge is 2.31. The first-order valence-corrected chi connectivity index (χ1v) is 10.8. The number of rotatable bonds is 7. The Hall–Kier alpha value is -3.92. The summed E-state index contributed by atoms with van der Waals surface area (Å²) in [5, 5.41) is 10.9. The molecule has 2 heterocycles. The van der Waals surface area contributed by atoms with Crippen molar-refractivity contribution in [2.75, 3.05) is 18.4 Å². The number of Topliss-reactive ketones (excluding diaryl/α,β-unsaturated/α-hetero) is 1. The molecule has 2 N–H and O–H groups in total. The number of nitrogens with one attached hydrogen (secondary N) is 2. The molecule has 180 valence electrons. The molecule has 3 aromatic rings. The number of ether oxygens (including phenoxy) is 1. The lowest BCUT2D eigenvalue weighted by atomic mass is 9.97. The molecule has 1 aliphatic heterocycles. The Balaban J connectivity index is 1.57. The number of pyridine rings is 1. The van der Waals surface area contributed by atoms with Gasteiger partial charge < -0.3 is 15.0 Å². The van der Waals surface area contributed by atoms with Crippen LogP contribution in [0, 0.1) is 5.41 Å². The minimum atomic E-state index is -4.95. The van der Waals surface area contributed by atoms with Crippen LogP contribution in [0.4, 0.5) is 19.0 Å². The second-order valence-corrected chi connectivity index (χ2v) is 8.13. The summed E-state index contributed by atoms with van der Waals surface area (Å²) < 4.78 is 42.1. The topological polar surface area (TPSA) is 95.2 Å². The van der Waals surface area contributed by atoms with Gasteiger partial charge in [0.15, 0.2) is 5.78 Å². The number of halogens is 4. The maximum atomic E-state index is 12.9. The van der Waals surface area contributed by atoms with E-state index in [4.69, 9.17) is 17.0 Å². The van der Waals surface area contributed by atoms with Crippen molar-refractivity contribution in [2.45, 2.75) is 12.8 Å². The molecule has 35 heavy (non-hydrogen) atoms. The van der Waals surface area contributed by atoms with Gasteiger partial charge in [-0.2, -0.15) is 0 Å². The zero-order valence-corrected chi connectivity index (χ0v) is 18.8. The highest BCUT2D eigenvalue weighted by molar-refractivity contribution is 6.30. The predicted molar refractivity (Wildman–Crippen MR) is 123 cm³/mol. The molecular formula is C24H18ClF3N4O3. The highest BCUT2D eigenvalue weighted by atomic mass is 35.5. The van der Waals surface area contributed by atoms with Crippen LogP contribution in [0.15, 0.2) is 60.8 Å². The molecule has 0 bridgehead atoms. The fourth-order valence-electron chi connectivity index (χ4n) is 3.30. The van der Waals surface area contributed by atoms with Gasteiger partial charge in [-0.25, -0.2) is 4.98 Å². The number of carbonyl (C=O) groups is 2. The van der Waals surface area contributed by atoms with Crippen molar-refractivity contribution in [3.63, 3.8) is 0 Å². The molecule has 0 spiro atoms. The lowest BCUT2D eigenvalue weighted by Gasteiger charge is -2.14. The van der Waals surface area contributed by atoms with E-state index < -0.39 is 18.0 Å². The van der Waals surface area contributed by atoms with Gasteiger partial charge in [0.2, 0.25) is 0 Å². The number of alkyl halides is 3. The number of aromatic nitrogens is 1. The van der Waals surface area contributed by atoms with Crippen molar-refractivity contribution in [3.05, 3.63) is 88.1 Å². The zero-order chi connectivity index (χ0) is 25.2. The summed E-state index contributed by atoms with van der Waals surface area (Å²) in [5.41, 5.74) is 1.05. The fraction of sp³-hybridized carbons (Fsp3) is 0.167. The SMILES string of the molecule is N=C(c1ccc(C(=O)Cc2ccc(OC(F)(F)F)cc2C(=O)Nc2ccc(Cl)cn2)cc1)N1CC1. The second kappa shape index (κ2) is 9.75. The Kier molecular flexibility index (Phi) is 6.74. The smallest absolute Gasteiger partial charge is 0.406 e. The van der Waals surface area contributed by atoms with E-state index in [9.17, 15) is 22.8 Å². The van der Waals surface area contributed by atoms with Crippen molar-refractivity contribution in [3.8, 4) is 5.75 Å². The number of nitrogens with zero attached hydrogens (tertiary/aromatic N) is 2. The first-order valence-electron chi connectivity index (χ1n) is 10.4. The molecule has 2 aromatic carbocycles. The molecular weight excluding hydrogens is 485 g/mol. The van der Waals surface area contributed by atoms with Gasteiger partial charge >= 0.3 is 6.36 Å². The van der Waals surface area contributed by atoms with Crippen LogP contribution in [0.5, 0.6) is 5.75 Å². The van der Waals surface area contributed by atoms with Crippen LogP contribution in [0.1, 0.15) is 31.8 Å². The summed E-state index contributed by atoms with van der Waals surface area (Å²) in [6.45, 7) is 1.65. The third-order valence-electron chi connectivity index (χ3n) is 5.12. The number of hydrogen-bond acceptors (Lipinski definition) is 5. The van der Waals surface area contributed by atoms with Crippen molar-refractivity contribution in [1.29, 1.82) is 5.41 Å². The van der Waals surface area contributed by atoms with E-state index >= 15 is 0 Å². The van der Waals surface area contributed by atoms with Gasteiger partial charge in [0.05, 0.1) is 5.02 Å². The summed E-state index contributed by atoms with van der Waals surface area (Å²) in [5.74, 6) is -1.21. The molecule has 0 saturated carbocycles. The summed E-state index contributed by atoms with van der Waals surface area (Å²) in [6, 6.07) is 12.6. The van der Waals surface area contributed by atoms with E-state index in [2.05, 4.69) is 15.0 Å². The molecule has 0 radical (unpaired) electrons. The quantitative estimate of drug-likeness (QED) is 0.206. The molecule has 11 heteroatoms. The van der Waals surface area contributed by atoms with E-state index in [-0.39, 0.29) is 29.1 Å². The van der Waals surface area contributed by atoms with Crippen LogP contribution in [0.25, 0.3) is 0 Å². The van der Waals surface area contributed by atoms with E-state index in [0.717, 1.165) is 25.2 Å². The Morgan fingerprint density at radius 3 is 2.34 bits per heavy atom. The van der Waals surface area contributed by atoms with Gasteiger partial charge in [0, 0.05) is 42.4 Å². The van der Waals surface area contributed by atoms with Crippen molar-refractivity contribution < 1.29 is 27.5 Å². The first kappa shape index (κ1) is 24.2. The number of anilines is 1. The number of hydrogen-bond donors (Lipinski definition) is 2. The third-order valence-corrected chi connectivity index (χ3v) is 5.35. The summed E-state index contributed by atoms with van der Waals surface area (Å²) in [4.78, 5) is 31.6. The van der Waals surface area contributed by atoms with Crippen molar-refractivity contribution in [1.82, 2.24) is 9.88 Å². The fourth-order valence-corrected chi connectivity index (χ4v) is 3.41. The summed E-state index contributed by atoms with van der Waals surface area (Å²) >= 11 is 5.78.